The summed E-state index contributed by atoms with van der Waals surface area (Å²) in [7, 11) is 1.85. The highest BCUT2D eigenvalue weighted by Gasteiger charge is 2.13. The summed E-state index contributed by atoms with van der Waals surface area (Å²) in [6.07, 6.45) is 3.45. The number of hydrogen-bond acceptors (Lipinski definition) is 5. The van der Waals surface area contributed by atoms with E-state index in [4.69, 9.17) is 5.11 Å². The lowest BCUT2D eigenvalue weighted by Gasteiger charge is -2.04. The van der Waals surface area contributed by atoms with E-state index in [1.165, 1.54) is 23.9 Å². The van der Waals surface area contributed by atoms with Gasteiger partial charge in [0.05, 0.1) is 11.3 Å². The molecule has 0 radical (unpaired) electrons. The number of rotatable bonds is 4. The van der Waals surface area contributed by atoms with Crippen LogP contribution in [0.25, 0.3) is 0 Å². The average molecular weight is 264 g/mol. The van der Waals surface area contributed by atoms with Gasteiger partial charge in [0.1, 0.15) is 11.5 Å². The number of Topliss-reactive ketones (excluding diaryl/α,β-unsaturated/α-hetero) is 1. The predicted molar refractivity (Wildman–Crippen MR) is 68.0 cm³/mol. The zero-order valence-corrected chi connectivity index (χ0v) is 10.5. The van der Waals surface area contributed by atoms with Crippen LogP contribution in [-0.2, 0) is 7.05 Å². The summed E-state index contributed by atoms with van der Waals surface area (Å²) in [5.41, 5.74) is 0.203. The Morgan fingerprint density at radius 3 is 2.83 bits per heavy atom. The summed E-state index contributed by atoms with van der Waals surface area (Å²) in [5, 5.41) is 19.4. The second kappa shape index (κ2) is 5.14. The van der Waals surface area contributed by atoms with Gasteiger partial charge in [0.25, 0.3) is 0 Å². The van der Waals surface area contributed by atoms with Crippen molar-refractivity contribution in [3.05, 3.63) is 36.2 Å². The predicted octanol–water partition coefficient (Wildman–Crippen LogP) is 1.81. The van der Waals surface area contributed by atoms with E-state index in [0.29, 0.717) is 0 Å². The number of phenolic OH excluding ortho intramolecular Hbond substituents is 2. The van der Waals surface area contributed by atoms with Crippen molar-refractivity contribution in [2.75, 3.05) is 5.75 Å². The van der Waals surface area contributed by atoms with E-state index < -0.39 is 0 Å². The molecule has 1 aromatic carbocycles. The topological polar surface area (TPSA) is 75.4 Å². The van der Waals surface area contributed by atoms with Crippen molar-refractivity contribution in [3.8, 4) is 11.5 Å². The Morgan fingerprint density at radius 1 is 1.44 bits per heavy atom. The number of carbonyl (C=O) groups excluding carboxylic acids is 1. The molecule has 0 saturated carbocycles. The van der Waals surface area contributed by atoms with Crippen molar-refractivity contribution in [1.29, 1.82) is 0 Å². The summed E-state index contributed by atoms with van der Waals surface area (Å²) >= 11 is 1.30. The van der Waals surface area contributed by atoms with E-state index in [2.05, 4.69) is 4.98 Å². The summed E-state index contributed by atoms with van der Waals surface area (Å²) in [4.78, 5) is 16.0. The molecule has 0 amide bonds. The van der Waals surface area contributed by atoms with E-state index in [-0.39, 0.29) is 28.6 Å². The van der Waals surface area contributed by atoms with Crippen LogP contribution in [0.15, 0.2) is 35.7 Å². The van der Waals surface area contributed by atoms with Gasteiger partial charge in [0.2, 0.25) is 0 Å². The van der Waals surface area contributed by atoms with Crippen LogP contribution in [0.5, 0.6) is 11.5 Å². The zero-order chi connectivity index (χ0) is 13.1. The molecule has 0 unspecified atom stereocenters. The molecule has 0 spiro atoms. The first kappa shape index (κ1) is 12.5. The number of thioether (sulfide) groups is 1. The lowest BCUT2D eigenvalue weighted by atomic mass is 10.1. The molecule has 0 fully saturated rings. The first-order valence-corrected chi connectivity index (χ1v) is 6.22. The van der Waals surface area contributed by atoms with Gasteiger partial charge in [-0.05, 0) is 12.1 Å². The molecule has 94 valence electrons. The third-order valence-electron chi connectivity index (χ3n) is 2.39. The molecule has 2 aromatic rings. The highest BCUT2D eigenvalue weighted by molar-refractivity contribution is 7.99. The van der Waals surface area contributed by atoms with Gasteiger partial charge in [-0.1, -0.05) is 11.8 Å². The molecule has 0 aliphatic carbocycles. The number of carbonyl (C=O) groups is 1. The van der Waals surface area contributed by atoms with E-state index in [1.54, 1.807) is 12.4 Å². The maximum atomic E-state index is 11.9. The van der Waals surface area contributed by atoms with Crippen LogP contribution in [0, 0.1) is 0 Å². The highest BCUT2D eigenvalue weighted by Crippen LogP contribution is 2.25. The first-order chi connectivity index (χ1) is 8.58. The van der Waals surface area contributed by atoms with E-state index in [1.807, 2.05) is 11.6 Å². The normalized spacial score (nSPS) is 10.5. The largest absolute Gasteiger partial charge is 0.508 e. The molecule has 1 heterocycles. The lowest BCUT2D eigenvalue weighted by molar-refractivity contribution is 0.102. The Balaban J connectivity index is 2.06. The Morgan fingerprint density at radius 2 is 2.22 bits per heavy atom. The highest BCUT2D eigenvalue weighted by atomic mass is 32.2. The van der Waals surface area contributed by atoms with Gasteiger partial charge in [0.15, 0.2) is 10.9 Å². The summed E-state index contributed by atoms with van der Waals surface area (Å²) < 4.78 is 1.81. The second-order valence-electron chi connectivity index (χ2n) is 3.73. The van der Waals surface area contributed by atoms with Crippen LogP contribution >= 0.6 is 11.8 Å². The second-order valence-corrected chi connectivity index (χ2v) is 4.68. The Kier molecular flexibility index (Phi) is 3.57. The van der Waals surface area contributed by atoms with E-state index in [9.17, 15) is 9.90 Å². The van der Waals surface area contributed by atoms with Crippen molar-refractivity contribution in [3.63, 3.8) is 0 Å². The first-order valence-electron chi connectivity index (χ1n) is 5.23. The van der Waals surface area contributed by atoms with Gasteiger partial charge in [-0.2, -0.15) is 0 Å². The minimum atomic E-state index is -0.208. The molecular formula is C12H12N2O3S. The quantitative estimate of drug-likeness (QED) is 0.650. The number of aromatic hydroxyl groups is 2. The summed E-state index contributed by atoms with van der Waals surface area (Å²) in [5.74, 6) is -0.301. The van der Waals surface area contributed by atoms with Gasteiger partial charge in [-0.25, -0.2) is 4.98 Å². The summed E-state index contributed by atoms with van der Waals surface area (Å²) in [6.45, 7) is 0. The molecule has 1 aromatic heterocycles. The molecular weight excluding hydrogens is 252 g/mol. The fraction of sp³-hybridized carbons (Fsp3) is 0.167. The smallest absolute Gasteiger partial charge is 0.176 e. The van der Waals surface area contributed by atoms with E-state index >= 15 is 0 Å². The van der Waals surface area contributed by atoms with Crippen LogP contribution < -0.4 is 0 Å². The third kappa shape index (κ3) is 2.65. The number of benzene rings is 1. The van der Waals surface area contributed by atoms with Crippen LogP contribution in [0.4, 0.5) is 0 Å². The van der Waals surface area contributed by atoms with Crippen molar-refractivity contribution >= 4 is 17.5 Å². The lowest BCUT2D eigenvalue weighted by Crippen LogP contribution is -2.03. The molecule has 18 heavy (non-hydrogen) atoms. The maximum Gasteiger partial charge on any atom is 0.176 e. The van der Waals surface area contributed by atoms with Crippen LogP contribution in [0.3, 0.4) is 0 Å². The molecule has 0 saturated heterocycles. The summed E-state index contributed by atoms with van der Waals surface area (Å²) in [6, 6.07) is 3.93. The molecule has 0 atom stereocenters. The van der Waals surface area contributed by atoms with Crippen molar-refractivity contribution < 1.29 is 15.0 Å². The molecule has 5 nitrogen and oxygen atoms in total. The molecule has 0 aliphatic rings. The number of ketones is 1. The number of aromatic nitrogens is 2. The number of aryl methyl sites for hydroxylation is 1. The minimum absolute atomic E-state index is 0.0687. The zero-order valence-electron chi connectivity index (χ0n) is 9.70. The van der Waals surface area contributed by atoms with Crippen LogP contribution in [0.2, 0.25) is 0 Å². The van der Waals surface area contributed by atoms with Crippen molar-refractivity contribution in [1.82, 2.24) is 9.55 Å². The van der Waals surface area contributed by atoms with Crippen molar-refractivity contribution in [2.24, 2.45) is 7.05 Å². The molecule has 2 N–H and O–H groups in total. The molecule has 6 heteroatoms. The van der Waals surface area contributed by atoms with Crippen molar-refractivity contribution in [2.45, 2.75) is 5.16 Å². The monoisotopic (exact) mass is 264 g/mol. The third-order valence-corrected chi connectivity index (χ3v) is 3.45. The fourth-order valence-electron chi connectivity index (χ4n) is 1.45. The molecule has 2 rings (SSSR count). The SMILES string of the molecule is Cn1ccnc1SCC(=O)c1ccc(O)cc1O. The van der Waals surface area contributed by atoms with E-state index in [0.717, 1.165) is 11.2 Å². The van der Waals surface area contributed by atoms with Gasteiger partial charge in [-0.3, -0.25) is 4.79 Å². The van der Waals surface area contributed by atoms with Gasteiger partial charge < -0.3 is 14.8 Å². The van der Waals surface area contributed by atoms with Crippen LogP contribution in [-0.4, -0.2) is 31.3 Å². The Hall–Kier alpha value is -1.95. The average Bonchev–Trinajstić information content (AvgIpc) is 2.72. The van der Waals surface area contributed by atoms with Crippen LogP contribution in [0.1, 0.15) is 10.4 Å². The number of phenols is 2. The Labute approximate surface area is 108 Å². The number of hydrogen-bond donors (Lipinski definition) is 2. The fourth-order valence-corrected chi connectivity index (χ4v) is 2.27. The Bertz CT molecular complexity index is 580. The number of imidazole rings is 1. The van der Waals surface area contributed by atoms with Gasteiger partial charge in [-0.15, -0.1) is 0 Å². The standard InChI is InChI=1S/C12H12N2O3S/c1-14-5-4-13-12(14)18-7-11(17)9-3-2-8(15)6-10(9)16/h2-6,15-16H,7H2,1H3. The van der Waals surface area contributed by atoms with Gasteiger partial charge in [0, 0.05) is 25.5 Å². The minimum Gasteiger partial charge on any atom is -0.508 e. The van der Waals surface area contributed by atoms with Gasteiger partial charge >= 0.3 is 0 Å². The number of nitrogens with zero attached hydrogens (tertiary/aromatic N) is 2. The maximum absolute atomic E-state index is 11.9. The molecule has 0 bridgehead atoms. The molecule has 0 aliphatic heterocycles.